The second-order valence-corrected chi connectivity index (χ2v) is 8.21. The second kappa shape index (κ2) is 9.51. The van der Waals surface area contributed by atoms with Crippen LogP contribution in [-0.4, -0.2) is 34.9 Å². The zero-order valence-electron chi connectivity index (χ0n) is 15.8. The molecule has 2 aromatic carbocycles. The van der Waals surface area contributed by atoms with E-state index in [9.17, 15) is 14.0 Å². The smallest absolute Gasteiger partial charge is 0.262 e. The minimum Gasteiger partial charge on any atom is -0.383 e. The Labute approximate surface area is 179 Å². The maximum atomic E-state index is 13.9. The predicted octanol–water partition coefficient (Wildman–Crippen LogP) is 4.24. The first-order chi connectivity index (χ1) is 13.9. The van der Waals surface area contributed by atoms with Gasteiger partial charge in [0.1, 0.15) is 5.82 Å². The molecule has 1 amide bonds. The van der Waals surface area contributed by atoms with E-state index in [4.69, 9.17) is 4.74 Å². The topological polar surface area (TPSA) is 73.2 Å². The first kappa shape index (κ1) is 21.5. The molecular formula is C20H19BrFN3O3S. The number of hydrogen-bond acceptors (Lipinski definition) is 5. The third-order valence-corrected chi connectivity index (χ3v) is 5.61. The highest BCUT2D eigenvalue weighted by Crippen LogP contribution is 2.23. The maximum Gasteiger partial charge on any atom is 0.262 e. The van der Waals surface area contributed by atoms with Gasteiger partial charge in [0, 0.05) is 11.6 Å². The van der Waals surface area contributed by atoms with Crippen molar-refractivity contribution < 1.29 is 13.9 Å². The van der Waals surface area contributed by atoms with Crippen molar-refractivity contribution in [2.75, 3.05) is 24.8 Å². The molecule has 0 saturated carbocycles. The standard InChI is InChI=1S/C20H19BrFN3O3S/c1-12(10-28-2)25-19(27)14-5-3-4-6-16(14)24-20(25)29-11-18(26)23-17-8-7-13(21)9-15(17)22/h3-9,12H,10-11H2,1-2H3,(H,23,26). The molecule has 3 rings (SSSR count). The minimum absolute atomic E-state index is 0.0278. The summed E-state index contributed by atoms with van der Waals surface area (Å²) in [5.41, 5.74) is 0.456. The Bertz CT molecular complexity index is 1110. The lowest BCUT2D eigenvalue weighted by molar-refractivity contribution is -0.113. The summed E-state index contributed by atoms with van der Waals surface area (Å²) in [6, 6.07) is 11.2. The Morgan fingerprint density at radius 2 is 2.10 bits per heavy atom. The Morgan fingerprint density at radius 3 is 2.83 bits per heavy atom. The van der Waals surface area contributed by atoms with Gasteiger partial charge in [0.2, 0.25) is 5.91 Å². The van der Waals surface area contributed by atoms with Gasteiger partial charge in [-0.15, -0.1) is 0 Å². The zero-order valence-corrected chi connectivity index (χ0v) is 18.2. The monoisotopic (exact) mass is 479 g/mol. The van der Waals surface area contributed by atoms with Crippen LogP contribution in [0.25, 0.3) is 10.9 Å². The van der Waals surface area contributed by atoms with Crippen molar-refractivity contribution in [1.82, 2.24) is 9.55 Å². The fourth-order valence-corrected chi connectivity index (χ4v) is 4.07. The largest absolute Gasteiger partial charge is 0.383 e. The highest BCUT2D eigenvalue weighted by molar-refractivity contribution is 9.10. The molecule has 1 aromatic heterocycles. The summed E-state index contributed by atoms with van der Waals surface area (Å²) in [6.45, 7) is 2.17. The Morgan fingerprint density at radius 1 is 1.34 bits per heavy atom. The van der Waals surface area contributed by atoms with Crippen LogP contribution in [0.15, 0.2) is 56.9 Å². The summed E-state index contributed by atoms with van der Waals surface area (Å²) in [7, 11) is 1.56. The number of anilines is 1. The van der Waals surface area contributed by atoms with Crippen LogP contribution in [0.1, 0.15) is 13.0 Å². The highest BCUT2D eigenvalue weighted by atomic mass is 79.9. The van der Waals surface area contributed by atoms with Gasteiger partial charge in [-0.1, -0.05) is 39.8 Å². The predicted molar refractivity (Wildman–Crippen MR) is 116 cm³/mol. The molecule has 0 aliphatic rings. The van der Waals surface area contributed by atoms with Crippen LogP contribution in [0, 0.1) is 5.82 Å². The number of hydrogen-bond donors (Lipinski definition) is 1. The molecule has 0 bridgehead atoms. The van der Waals surface area contributed by atoms with Crippen LogP contribution in [0.4, 0.5) is 10.1 Å². The van der Waals surface area contributed by atoms with Crippen LogP contribution in [0.3, 0.4) is 0 Å². The first-order valence-corrected chi connectivity index (χ1v) is 10.6. The van der Waals surface area contributed by atoms with E-state index < -0.39 is 11.7 Å². The Hall–Kier alpha value is -2.23. The quantitative estimate of drug-likeness (QED) is 0.405. The van der Waals surface area contributed by atoms with Gasteiger partial charge in [0.25, 0.3) is 5.56 Å². The lowest BCUT2D eigenvalue weighted by Gasteiger charge is -2.18. The third-order valence-electron chi connectivity index (χ3n) is 4.16. The summed E-state index contributed by atoms with van der Waals surface area (Å²) in [5, 5.41) is 3.45. The van der Waals surface area contributed by atoms with Crippen LogP contribution >= 0.6 is 27.7 Å². The number of carbonyl (C=O) groups is 1. The molecule has 0 aliphatic heterocycles. The normalized spacial score (nSPS) is 12.1. The summed E-state index contributed by atoms with van der Waals surface area (Å²) in [5.74, 6) is -0.961. The molecule has 29 heavy (non-hydrogen) atoms. The molecule has 0 saturated heterocycles. The number of benzene rings is 2. The highest BCUT2D eigenvalue weighted by Gasteiger charge is 2.18. The number of rotatable bonds is 7. The number of para-hydroxylation sites is 1. The molecule has 1 N–H and O–H groups in total. The van der Waals surface area contributed by atoms with Crippen molar-refractivity contribution in [3.05, 3.63) is 63.1 Å². The van der Waals surface area contributed by atoms with E-state index in [2.05, 4.69) is 26.2 Å². The SMILES string of the molecule is COCC(C)n1c(SCC(=O)Nc2ccc(Br)cc2F)nc2ccccc2c1=O. The number of thioether (sulfide) groups is 1. The zero-order chi connectivity index (χ0) is 21.0. The third kappa shape index (κ3) is 5.04. The van der Waals surface area contributed by atoms with E-state index in [0.717, 1.165) is 11.8 Å². The van der Waals surface area contributed by atoms with Crippen molar-refractivity contribution in [2.24, 2.45) is 0 Å². The Kier molecular flexibility index (Phi) is 7.05. The first-order valence-electron chi connectivity index (χ1n) is 8.78. The Balaban J connectivity index is 1.85. The number of nitrogens with one attached hydrogen (secondary N) is 1. The number of carbonyl (C=O) groups excluding carboxylic acids is 1. The van der Waals surface area contributed by atoms with E-state index >= 15 is 0 Å². The van der Waals surface area contributed by atoms with Gasteiger partial charge >= 0.3 is 0 Å². The molecule has 1 heterocycles. The van der Waals surface area contributed by atoms with Gasteiger partial charge in [0.15, 0.2) is 5.16 Å². The van der Waals surface area contributed by atoms with Crippen molar-refractivity contribution in [3.8, 4) is 0 Å². The summed E-state index contributed by atoms with van der Waals surface area (Å²) in [4.78, 5) is 29.9. The van der Waals surface area contributed by atoms with Gasteiger partial charge in [-0.2, -0.15) is 0 Å². The molecule has 152 valence electrons. The molecule has 0 fully saturated rings. The minimum atomic E-state index is -0.535. The van der Waals surface area contributed by atoms with Gasteiger partial charge in [0.05, 0.1) is 35.0 Å². The van der Waals surface area contributed by atoms with Crippen molar-refractivity contribution in [3.63, 3.8) is 0 Å². The van der Waals surface area contributed by atoms with Crippen LogP contribution < -0.4 is 10.9 Å². The summed E-state index contributed by atoms with van der Waals surface area (Å²) < 4.78 is 21.2. The molecule has 0 radical (unpaired) electrons. The number of amides is 1. The molecular weight excluding hydrogens is 461 g/mol. The number of aromatic nitrogens is 2. The molecule has 6 nitrogen and oxygen atoms in total. The van der Waals surface area contributed by atoms with E-state index in [-0.39, 0.29) is 23.0 Å². The number of methoxy groups -OCH3 is 1. The van der Waals surface area contributed by atoms with Gasteiger partial charge < -0.3 is 10.1 Å². The fourth-order valence-electron chi connectivity index (χ4n) is 2.84. The van der Waals surface area contributed by atoms with Crippen molar-refractivity contribution >= 4 is 50.2 Å². The average molecular weight is 480 g/mol. The number of halogens is 2. The van der Waals surface area contributed by atoms with Crippen LogP contribution in [-0.2, 0) is 9.53 Å². The average Bonchev–Trinajstić information content (AvgIpc) is 2.69. The number of nitrogens with zero attached hydrogens (tertiary/aromatic N) is 2. The fraction of sp³-hybridized carbons (Fsp3) is 0.250. The van der Waals surface area contributed by atoms with Crippen molar-refractivity contribution in [1.29, 1.82) is 0 Å². The molecule has 1 unspecified atom stereocenters. The molecule has 0 aliphatic carbocycles. The van der Waals surface area contributed by atoms with E-state index in [0.29, 0.717) is 27.1 Å². The van der Waals surface area contributed by atoms with Gasteiger partial charge in [-0.25, -0.2) is 9.37 Å². The van der Waals surface area contributed by atoms with Crippen molar-refractivity contribution in [2.45, 2.75) is 18.1 Å². The van der Waals surface area contributed by atoms with Gasteiger partial charge in [-0.05, 0) is 37.3 Å². The van der Waals surface area contributed by atoms with Crippen LogP contribution in [0.2, 0.25) is 0 Å². The van der Waals surface area contributed by atoms with E-state index in [1.165, 1.54) is 16.7 Å². The number of ether oxygens (including phenoxy) is 1. The summed E-state index contributed by atoms with van der Waals surface area (Å²) in [6.07, 6.45) is 0. The summed E-state index contributed by atoms with van der Waals surface area (Å²) >= 11 is 4.30. The lowest BCUT2D eigenvalue weighted by atomic mass is 10.2. The second-order valence-electron chi connectivity index (χ2n) is 6.35. The maximum absolute atomic E-state index is 13.9. The molecule has 3 aromatic rings. The molecule has 1 atom stereocenters. The molecule has 9 heteroatoms. The van der Waals surface area contributed by atoms with E-state index in [1.807, 2.05) is 6.92 Å². The molecule has 0 spiro atoms. The van der Waals surface area contributed by atoms with Crippen LogP contribution in [0.5, 0.6) is 0 Å². The van der Waals surface area contributed by atoms with Gasteiger partial charge in [-0.3, -0.25) is 14.2 Å². The van der Waals surface area contributed by atoms with E-state index in [1.54, 1.807) is 37.4 Å². The number of fused-ring (bicyclic) bond motifs is 1. The lowest BCUT2D eigenvalue weighted by Crippen LogP contribution is -2.29.